The Morgan fingerprint density at radius 3 is 2.71 bits per heavy atom. The zero-order chi connectivity index (χ0) is 17.1. The number of rotatable bonds is 3. The van der Waals surface area contributed by atoms with E-state index in [1.54, 1.807) is 25.1 Å². The quantitative estimate of drug-likeness (QED) is 0.845. The van der Waals surface area contributed by atoms with Crippen LogP contribution in [-0.4, -0.2) is 18.6 Å². The largest absolute Gasteiger partial charge is 0.454 e. The van der Waals surface area contributed by atoms with Gasteiger partial charge in [0.25, 0.3) is 0 Å². The van der Waals surface area contributed by atoms with Gasteiger partial charge in [-0.15, -0.1) is 0 Å². The third-order valence-corrected chi connectivity index (χ3v) is 3.54. The van der Waals surface area contributed by atoms with Crippen LogP contribution >= 0.6 is 0 Å². The molecule has 0 atom stereocenters. The summed E-state index contributed by atoms with van der Waals surface area (Å²) in [6.45, 7) is 2.03. The Morgan fingerprint density at radius 2 is 1.88 bits per heavy atom. The maximum atomic E-state index is 13.2. The van der Waals surface area contributed by atoms with Gasteiger partial charge in [0.05, 0.1) is 0 Å². The number of amides is 2. The van der Waals surface area contributed by atoms with Crippen molar-refractivity contribution in [1.82, 2.24) is 5.32 Å². The molecule has 2 aromatic rings. The Hall–Kier alpha value is -3.09. The van der Waals surface area contributed by atoms with Gasteiger partial charge in [-0.2, -0.15) is 0 Å². The zero-order valence-corrected chi connectivity index (χ0v) is 12.9. The third kappa shape index (κ3) is 3.45. The number of benzene rings is 2. The van der Waals surface area contributed by atoms with Gasteiger partial charge < -0.3 is 20.1 Å². The Morgan fingerprint density at radius 1 is 1.08 bits per heavy atom. The van der Waals surface area contributed by atoms with Gasteiger partial charge in [-0.05, 0) is 42.3 Å². The van der Waals surface area contributed by atoms with E-state index in [0.29, 0.717) is 17.1 Å². The molecule has 1 heterocycles. The molecule has 124 valence electrons. The zero-order valence-electron chi connectivity index (χ0n) is 12.9. The van der Waals surface area contributed by atoms with E-state index in [0.717, 1.165) is 5.56 Å². The van der Waals surface area contributed by atoms with Crippen LogP contribution in [0.3, 0.4) is 0 Å². The predicted octanol–water partition coefficient (Wildman–Crippen LogP) is 2.12. The Labute approximate surface area is 137 Å². The number of nitrogens with one attached hydrogen (secondary N) is 2. The number of aryl methyl sites for hydroxylation is 1. The minimum atomic E-state index is -0.857. The van der Waals surface area contributed by atoms with Gasteiger partial charge in [0, 0.05) is 12.2 Å². The van der Waals surface area contributed by atoms with Gasteiger partial charge >= 0.3 is 11.8 Å². The van der Waals surface area contributed by atoms with Crippen molar-refractivity contribution in [1.29, 1.82) is 0 Å². The fraction of sp³-hybridized carbons (Fsp3) is 0.176. The molecule has 0 saturated heterocycles. The molecule has 2 aromatic carbocycles. The molecule has 2 N–H and O–H groups in total. The highest BCUT2D eigenvalue weighted by Gasteiger charge is 2.16. The molecule has 0 fully saturated rings. The Balaban J connectivity index is 1.58. The highest BCUT2D eigenvalue weighted by atomic mass is 19.1. The normalized spacial score (nSPS) is 11.9. The molecule has 6 nitrogen and oxygen atoms in total. The van der Waals surface area contributed by atoms with E-state index >= 15 is 0 Å². The number of hydrogen-bond acceptors (Lipinski definition) is 4. The van der Waals surface area contributed by atoms with Gasteiger partial charge in [0.1, 0.15) is 5.82 Å². The van der Waals surface area contributed by atoms with Crippen molar-refractivity contribution in [3.05, 3.63) is 53.3 Å². The average Bonchev–Trinajstić information content (AvgIpc) is 3.03. The summed E-state index contributed by atoms with van der Waals surface area (Å²) in [5.41, 5.74) is 1.69. The maximum Gasteiger partial charge on any atom is 0.313 e. The summed E-state index contributed by atoms with van der Waals surface area (Å²) in [7, 11) is 0. The predicted molar refractivity (Wildman–Crippen MR) is 84.2 cm³/mol. The summed E-state index contributed by atoms with van der Waals surface area (Å²) >= 11 is 0. The third-order valence-electron chi connectivity index (χ3n) is 3.54. The van der Waals surface area contributed by atoms with E-state index < -0.39 is 17.6 Å². The molecular weight excluding hydrogens is 315 g/mol. The smallest absolute Gasteiger partial charge is 0.313 e. The Kier molecular flexibility index (Phi) is 4.33. The van der Waals surface area contributed by atoms with Gasteiger partial charge in [0.15, 0.2) is 11.5 Å². The molecule has 0 unspecified atom stereocenters. The molecule has 3 rings (SSSR count). The number of hydrogen-bond donors (Lipinski definition) is 2. The Bertz CT molecular complexity index is 807. The molecular formula is C17H15FN2O4. The lowest BCUT2D eigenvalue weighted by molar-refractivity contribution is -0.136. The highest BCUT2D eigenvalue weighted by molar-refractivity contribution is 6.39. The molecule has 1 aliphatic heterocycles. The highest BCUT2D eigenvalue weighted by Crippen LogP contribution is 2.32. The number of carbonyl (C=O) groups excluding carboxylic acids is 2. The fourth-order valence-electron chi connectivity index (χ4n) is 2.22. The van der Waals surface area contributed by atoms with Crippen LogP contribution in [0.25, 0.3) is 0 Å². The van der Waals surface area contributed by atoms with E-state index in [-0.39, 0.29) is 19.0 Å². The second-order valence-electron chi connectivity index (χ2n) is 5.28. The number of anilines is 1. The van der Waals surface area contributed by atoms with Crippen molar-refractivity contribution >= 4 is 17.5 Å². The van der Waals surface area contributed by atoms with E-state index in [2.05, 4.69) is 10.6 Å². The molecule has 0 aliphatic carbocycles. The first kappa shape index (κ1) is 15.8. The van der Waals surface area contributed by atoms with Crippen molar-refractivity contribution in [3.63, 3.8) is 0 Å². The van der Waals surface area contributed by atoms with Gasteiger partial charge in [-0.3, -0.25) is 9.59 Å². The summed E-state index contributed by atoms with van der Waals surface area (Å²) < 4.78 is 23.7. The van der Waals surface area contributed by atoms with Crippen LogP contribution in [0.4, 0.5) is 10.1 Å². The van der Waals surface area contributed by atoms with Gasteiger partial charge in [0.2, 0.25) is 6.79 Å². The summed E-state index contributed by atoms with van der Waals surface area (Å²) in [6.07, 6.45) is 0. The number of fused-ring (bicyclic) bond motifs is 1. The van der Waals surface area contributed by atoms with Crippen molar-refractivity contribution in [3.8, 4) is 11.5 Å². The second-order valence-corrected chi connectivity index (χ2v) is 5.28. The monoisotopic (exact) mass is 330 g/mol. The standard InChI is InChI=1S/C17H15FN2O4/c1-10-2-4-12(18)7-13(10)20-17(22)16(21)19-8-11-3-5-14-15(6-11)24-9-23-14/h2-7H,8-9H2,1H3,(H,19,21)(H,20,22). The van der Waals surface area contributed by atoms with Crippen LogP contribution in [0.1, 0.15) is 11.1 Å². The molecule has 0 aromatic heterocycles. The molecule has 24 heavy (non-hydrogen) atoms. The van der Waals surface area contributed by atoms with E-state index in [9.17, 15) is 14.0 Å². The van der Waals surface area contributed by atoms with Crippen molar-refractivity contribution in [2.75, 3.05) is 12.1 Å². The van der Waals surface area contributed by atoms with Crippen molar-refractivity contribution in [2.45, 2.75) is 13.5 Å². The summed E-state index contributed by atoms with van der Waals surface area (Å²) in [5.74, 6) is -0.913. The number of halogens is 1. The SMILES string of the molecule is Cc1ccc(F)cc1NC(=O)C(=O)NCc1ccc2c(c1)OCO2. The summed E-state index contributed by atoms with van der Waals surface area (Å²) in [6, 6.07) is 9.21. The lowest BCUT2D eigenvalue weighted by Crippen LogP contribution is -2.35. The molecule has 1 aliphatic rings. The van der Waals surface area contributed by atoms with Crippen LogP contribution in [-0.2, 0) is 16.1 Å². The average molecular weight is 330 g/mol. The molecule has 0 spiro atoms. The number of carbonyl (C=O) groups is 2. The van der Waals surface area contributed by atoms with Crippen LogP contribution < -0.4 is 20.1 Å². The first-order valence-electron chi connectivity index (χ1n) is 7.27. The summed E-state index contributed by atoms with van der Waals surface area (Å²) in [4.78, 5) is 23.8. The molecule has 2 amide bonds. The van der Waals surface area contributed by atoms with Crippen LogP contribution in [0.2, 0.25) is 0 Å². The first-order valence-corrected chi connectivity index (χ1v) is 7.27. The molecule has 0 radical (unpaired) electrons. The van der Waals surface area contributed by atoms with Crippen LogP contribution in [0, 0.1) is 12.7 Å². The lowest BCUT2D eigenvalue weighted by Gasteiger charge is -2.09. The molecule has 0 saturated carbocycles. The van der Waals surface area contributed by atoms with Gasteiger partial charge in [-0.1, -0.05) is 12.1 Å². The summed E-state index contributed by atoms with van der Waals surface area (Å²) in [5, 5.41) is 4.90. The minimum absolute atomic E-state index is 0.158. The van der Waals surface area contributed by atoms with Crippen LogP contribution in [0.5, 0.6) is 11.5 Å². The second kappa shape index (κ2) is 6.57. The van der Waals surface area contributed by atoms with Gasteiger partial charge in [-0.25, -0.2) is 4.39 Å². The van der Waals surface area contributed by atoms with E-state index in [1.807, 2.05) is 0 Å². The molecule has 0 bridgehead atoms. The van der Waals surface area contributed by atoms with Crippen molar-refractivity contribution < 1.29 is 23.5 Å². The fourth-order valence-corrected chi connectivity index (χ4v) is 2.22. The molecule has 7 heteroatoms. The first-order chi connectivity index (χ1) is 11.5. The topological polar surface area (TPSA) is 76.7 Å². The lowest BCUT2D eigenvalue weighted by atomic mass is 10.2. The van der Waals surface area contributed by atoms with E-state index in [4.69, 9.17) is 9.47 Å². The maximum absolute atomic E-state index is 13.2. The van der Waals surface area contributed by atoms with Crippen molar-refractivity contribution in [2.24, 2.45) is 0 Å². The number of ether oxygens (including phenoxy) is 2. The van der Waals surface area contributed by atoms with Crippen LogP contribution in [0.15, 0.2) is 36.4 Å². The van der Waals surface area contributed by atoms with E-state index in [1.165, 1.54) is 18.2 Å². The minimum Gasteiger partial charge on any atom is -0.454 e.